The van der Waals surface area contributed by atoms with Gasteiger partial charge in [-0.3, -0.25) is 5.10 Å². The van der Waals surface area contributed by atoms with Gasteiger partial charge in [-0.1, -0.05) is 0 Å². The second-order valence-electron chi connectivity index (χ2n) is 5.70. The first-order valence-electron chi connectivity index (χ1n) is 7.97. The summed E-state index contributed by atoms with van der Waals surface area (Å²) in [6.07, 6.45) is 3.56. The molecule has 2 aromatic rings. The summed E-state index contributed by atoms with van der Waals surface area (Å²) >= 11 is 0. The van der Waals surface area contributed by atoms with Crippen molar-refractivity contribution < 1.29 is 14.3 Å². The van der Waals surface area contributed by atoms with Gasteiger partial charge < -0.3 is 19.7 Å². The zero-order valence-corrected chi connectivity index (χ0v) is 13.9. The summed E-state index contributed by atoms with van der Waals surface area (Å²) in [4.78, 5) is 14.4. The van der Waals surface area contributed by atoms with Gasteiger partial charge in [-0.25, -0.2) is 4.79 Å². The predicted octanol–water partition coefficient (Wildman–Crippen LogP) is 2.47. The Bertz CT molecular complexity index is 687. The van der Waals surface area contributed by atoms with Crippen LogP contribution in [0.15, 0.2) is 30.5 Å². The molecule has 1 aromatic carbocycles. The Morgan fingerprint density at radius 1 is 1.38 bits per heavy atom. The van der Waals surface area contributed by atoms with Crippen molar-refractivity contribution in [2.75, 3.05) is 20.8 Å². The molecule has 128 valence electrons. The third-order valence-corrected chi connectivity index (χ3v) is 4.30. The summed E-state index contributed by atoms with van der Waals surface area (Å²) in [6, 6.07) is 7.50. The summed E-state index contributed by atoms with van der Waals surface area (Å²) in [6.45, 7) is 1.16. The van der Waals surface area contributed by atoms with Gasteiger partial charge in [0.25, 0.3) is 0 Å². The summed E-state index contributed by atoms with van der Waals surface area (Å²) in [5.41, 5.74) is 1.88. The highest BCUT2D eigenvalue weighted by Crippen LogP contribution is 2.38. The molecule has 1 atom stereocenters. The number of H-pyrrole nitrogens is 1. The maximum atomic E-state index is 12.6. The molecule has 0 aliphatic carbocycles. The van der Waals surface area contributed by atoms with Crippen LogP contribution in [0.3, 0.4) is 0 Å². The molecule has 7 heteroatoms. The Morgan fingerprint density at radius 2 is 2.25 bits per heavy atom. The maximum absolute atomic E-state index is 12.6. The van der Waals surface area contributed by atoms with Gasteiger partial charge in [0.2, 0.25) is 0 Å². The highest BCUT2D eigenvalue weighted by molar-refractivity contribution is 5.75. The van der Waals surface area contributed by atoms with Crippen molar-refractivity contribution in [3.8, 4) is 11.5 Å². The Labute approximate surface area is 140 Å². The van der Waals surface area contributed by atoms with E-state index < -0.39 is 0 Å². The van der Waals surface area contributed by atoms with Crippen molar-refractivity contribution in [1.29, 1.82) is 0 Å². The fourth-order valence-corrected chi connectivity index (χ4v) is 3.08. The van der Waals surface area contributed by atoms with Crippen molar-refractivity contribution in [2.24, 2.45) is 0 Å². The molecular weight excluding hydrogens is 308 g/mol. The average Bonchev–Trinajstić information content (AvgIpc) is 3.30. The number of aromatic amines is 1. The molecule has 2 N–H and O–H groups in total. The van der Waals surface area contributed by atoms with Gasteiger partial charge >= 0.3 is 6.03 Å². The van der Waals surface area contributed by atoms with E-state index in [0.29, 0.717) is 6.54 Å². The molecule has 2 heterocycles. The van der Waals surface area contributed by atoms with Gasteiger partial charge in [-0.15, -0.1) is 0 Å². The number of benzene rings is 1. The van der Waals surface area contributed by atoms with Crippen molar-refractivity contribution in [1.82, 2.24) is 20.4 Å². The monoisotopic (exact) mass is 330 g/mol. The summed E-state index contributed by atoms with van der Waals surface area (Å²) in [7, 11) is 3.26. The number of likely N-dealkylation sites (tertiary alicyclic amines) is 1. The fourth-order valence-electron chi connectivity index (χ4n) is 3.08. The molecule has 24 heavy (non-hydrogen) atoms. The van der Waals surface area contributed by atoms with Gasteiger partial charge in [0.1, 0.15) is 11.5 Å². The summed E-state index contributed by atoms with van der Waals surface area (Å²) in [5, 5.41) is 9.66. The summed E-state index contributed by atoms with van der Waals surface area (Å²) < 4.78 is 10.7. The molecule has 7 nitrogen and oxygen atoms in total. The third-order valence-electron chi connectivity index (χ3n) is 4.30. The van der Waals surface area contributed by atoms with E-state index in [1.165, 1.54) is 0 Å². The molecule has 0 saturated carbocycles. The molecule has 2 amide bonds. The number of carbonyl (C=O) groups is 1. The number of amides is 2. The fraction of sp³-hybridized carbons (Fsp3) is 0.412. The van der Waals surface area contributed by atoms with Crippen LogP contribution in [0.25, 0.3) is 0 Å². The predicted molar refractivity (Wildman–Crippen MR) is 89.1 cm³/mol. The van der Waals surface area contributed by atoms with Gasteiger partial charge in [0.05, 0.1) is 32.5 Å². The molecule has 1 fully saturated rings. The molecule has 0 radical (unpaired) electrons. The first kappa shape index (κ1) is 16.2. The number of nitrogens with zero attached hydrogens (tertiary/aromatic N) is 2. The molecule has 1 aliphatic heterocycles. The van der Waals surface area contributed by atoms with Gasteiger partial charge in [0.15, 0.2) is 0 Å². The van der Waals surface area contributed by atoms with Crippen LogP contribution in [0.5, 0.6) is 11.5 Å². The maximum Gasteiger partial charge on any atom is 0.318 e. The third kappa shape index (κ3) is 3.29. The van der Waals surface area contributed by atoms with E-state index in [1.54, 1.807) is 20.4 Å². The lowest BCUT2D eigenvalue weighted by molar-refractivity contribution is 0.191. The lowest BCUT2D eigenvalue weighted by Crippen LogP contribution is -2.39. The molecule has 1 aromatic heterocycles. The second kappa shape index (κ2) is 7.25. The van der Waals surface area contributed by atoms with Crippen molar-refractivity contribution in [3.05, 3.63) is 41.7 Å². The molecule has 0 spiro atoms. The van der Waals surface area contributed by atoms with Gasteiger partial charge in [-0.05, 0) is 31.0 Å². The van der Waals surface area contributed by atoms with Crippen LogP contribution in [0, 0.1) is 0 Å². The normalized spacial score (nSPS) is 16.9. The van der Waals surface area contributed by atoms with Crippen molar-refractivity contribution in [3.63, 3.8) is 0 Å². The van der Waals surface area contributed by atoms with E-state index in [4.69, 9.17) is 9.47 Å². The number of carbonyl (C=O) groups excluding carboxylic acids is 1. The number of nitrogens with one attached hydrogen (secondary N) is 2. The van der Waals surface area contributed by atoms with Crippen molar-refractivity contribution in [2.45, 2.75) is 25.4 Å². The second-order valence-corrected chi connectivity index (χ2v) is 5.70. The lowest BCUT2D eigenvalue weighted by atomic mass is 10.0. The molecule has 0 unspecified atom stereocenters. The Balaban J connectivity index is 1.74. The number of methoxy groups -OCH3 is 2. The van der Waals surface area contributed by atoms with E-state index in [9.17, 15) is 4.79 Å². The van der Waals surface area contributed by atoms with Crippen LogP contribution in [-0.4, -0.2) is 41.9 Å². The minimum Gasteiger partial charge on any atom is -0.497 e. The Hall–Kier alpha value is -2.70. The van der Waals surface area contributed by atoms with E-state index in [2.05, 4.69) is 15.5 Å². The lowest BCUT2D eigenvalue weighted by Gasteiger charge is -2.26. The van der Waals surface area contributed by atoms with E-state index in [1.807, 2.05) is 29.2 Å². The quantitative estimate of drug-likeness (QED) is 0.883. The van der Waals surface area contributed by atoms with Gasteiger partial charge in [-0.2, -0.15) is 5.10 Å². The number of hydrogen-bond acceptors (Lipinski definition) is 4. The molecular formula is C17H22N4O3. The number of rotatable bonds is 5. The number of aromatic nitrogens is 2. The topological polar surface area (TPSA) is 79.5 Å². The zero-order chi connectivity index (χ0) is 16.9. The average molecular weight is 330 g/mol. The molecule has 0 bridgehead atoms. The number of urea groups is 1. The molecule has 1 aliphatic rings. The zero-order valence-electron chi connectivity index (χ0n) is 13.9. The van der Waals surface area contributed by atoms with Crippen LogP contribution < -0.4 is 14.8 Å². The van der Waals surface area contributed by atoms with Crippen molar-refractivity contribution >= 4 is 6.03 Å². The molecule has 3 rings (SSSR count). The van der Waals surface area contributed by atoms with E-state index in [0.717, 1.165) is 42.1 Å². The van der Waals surface area contributed by atoms with E-state index >= 15 is 0 Å². The highest BCUT2D eigenvalue weighted by Gasteiger charge is 2.31. The number of hydrogen-bond donors (Lipinski definition) is 2. The highest BCUT2D eigenvalue weighted by atomic mass is 16.5. The first-order valence-corrected chi connectivity index (χ1v) is 7.97. The Kier molecular flexibility index (Phi) is 4.88. The molecule has 1 saturated heterocycles. The standard InChI is InChI=1S/C17H22N4O3/c1-23-13-5-6-14(16(10-13)24-2)15-4-3-9-21(15)17(22)18-11-12-7-8-19-20-12/h5-8,10,15H,3-4,9,11H2,1-2H3,(H,18,22)(H,19,20)/t15-/m0/s1. The summed E-state index contributed by atoms with van der Waals surface area (Å²) in [5.74, 6) is 1.48. The van der Waals surface area contributed by atoms with Gasteiger partial charge in [0, 0.05) is 24.4 Å². The van der Waals surface area contributed by atoms with E-state index in [-0.39, 0.29) is 12.1 Å². The van der Waals surface area contributed by atoms with Crippen LogP contribution in [-0.2, 0) is 6.54 Å². The first-order chi connectivity index (χ1) is 11.7. The van der Waals surface area contributed by atoms with Crippen LogP contribution in [0.2, 0.25) is 0 Å². The SMILES string of the molecule is COc1ccc([C@@H]2CCCN2C(=O)NCc2ccn[nH]2)c(OC)c1. The minimum absolute atomic E-state index is 0.00706. The van der Waals surface area contributed by atoms with Crippen LogP contribution in [0.1, 0.15) is 30.1 Å². The number of ether oxygens (including phenoxy) is 2. The van der Waals surface area contributed by atoms with Crippen LogP contribution >= 0.6 is 0 Å². The smallest absolute Gasteiger partial charge is 0.318 e. The largest absolute Gasteiger partial charge is 0.497 e. The van der Waals surface area contributed by atoms with Crippen LogP contribution in [0.4, 0.5) is 4.79 Å². The minimum atomic E-state index is -0.0787. The Morgan fingerprint density at radius 3 is 2.96 bits per heavy atom.